The summed E-state index contributed by atoms with van der Waals surface area (Å²) in [6, 6.07) is 10.2. The molecule has 16 heavy (non-hydrogen) atoms. The van der Waals surface area contributed by atoms with Crippen molar-refractivity contribution in [1.82, 2.24) is 10.3 Å². The molecule has 1 aromatic heterocycles. The maximum Gasteiger partial charge on any atom is 0.0705 e. The molecule has 0 radical (unpaired) electrons. The van der Waals surface area contributed by atoms with E-state index >= 15 is 0 Å². The Morgan fingerprint density at radius 1 is 1.19 bits per heavy atom. The van der Waals surface area contributed by atoms with Crippen molar-refractivity contribution in [1.29, 1.82) is 0 Å². The van der Waals surface area contributed by atoms with E-state index in [2.05, 4.69) is 28.2 Å². The quantitative estimate of drug-likeness (QED) is 0.767. The number of rotatable bonds is 2. The molecule has 0 spiro atoms. The smallest absolute Gasteiger partial charge is 0.0705 e. The maximum atomic E-state index is 4.33. The molecule has 1 heterocycles. The van der Waals surface area contributed by atoms with Crippen LogP contribution in [0.15, 0.2) is 36.5 Å². The zero-order valence-corrected chi connectivity index (χ0v) is 9.33. The molecule has 2 aromatic rings. The van der Waals surface area contributed by atoms with Gasteiger partial charge in [0.2, 0.25) is 0 Å². The van der Waals surface area contributed by atoms with Crippen molar-refractivity contribution >= 4 is 10.9 Å². The van der Waals surface area contributed by atoms with Gasteiger partial charge in [0.05, 0.1) is 12.1 Å². The molecule has 1 N–H and O–H groups in total. The van der Waals surface area contributed by atoms with Crippen LogP contribution in [-0.2, 0) is 6.42 Å². The summed E-state index contributed by atoms with van der Waals surface area (Å²) >= 11 is 0. The van der Waals surface area contributed by atoms with Gasteiger partial charge >= 0.3 is 0 Å². The fourth-order valence-electron chi connectivity index (χ4n) is 1.62. The van der Waals surface area contributed by atoms with Crippen LogP contribution in [0, 0.1) is 11.8 Å². The third-order valence-corrected chi connectivity index (χ3v) is 2.41. The lowest BCUT2D eigenvalue weighted by molar-refractivity contribution is 0.937. The van der Waals surface area contributed by atoms with Gasteiger partial charge in [-0.3, -0.25) is 4.98 Å². The molecule has 2 rings (SSSR count). The minimum absolute atomic E-state index is 0.739. The van der Waals surface area contributed by atoms with Crippen molar-refractivity contribution in [2.24, 2.45) is 0 Å². The van der Waals surface area contributed by atoms with E-state index < -0.39 is 0 Å². The minimum atomic E-state index is 0.739. The van der Waals surface area contributed by atoms with Crippen LogP contribution in [0.1, 0.15) is 5.56 Å². The normalized spacial score (nSPS) is 9.81. The first kappa shape index (κ1) is 10.7. The van der Waals surface area contributed by atoms with Crippen LogP contribution in [0.25, 0.3) is 10.9 Å². The molecule has 2 nitrogen and oxygen atoms in total. The summed E-state index contributed by atoms with van der Waals surface area (Å²) in [5.74, 6) is 6.22. The van der Waals surface area contributed by atoms with Crippen molar-refractivity contribution in [3.63, 3.8) is 0 Å². The molecule has 80 valence electrons. The first-order valence-electron chi connectivity index (χ1n) is 5.35. The number of aromatic nitrogens is 1. The number of benzene rings is 1. The Balaban J connectivity index is 2.28. The first-order valence-corrected chi connectivity index (χ1v) is 5.35. The Bertz CT molecular complexity index is 530. The largest absolute Gasteiger partial charge is 0.309 e. The Labute approximate surface area is 95.7 Å². The highest BCUT2D eigenvalue weighted by atomic mass is 14.8. The van der Waals surface area contributed by atoms with Gasteiger partial charge in [0.25, 0.3) is 0 Å². The number of nitrogens with zero attached hydrogens (tertiary/aromatic N) is 1. The molecule has 0 saturated heterocycles. The van der Waals surface area contributed by atoms with Crippen LogP contribution in [0.2, 0.25) is 0 Å². The Kier molecular flexibility index (Phi) is 3.53. The molecular weight excluding hydrogens is 196 g/mol. The van der Waals surface area contributed by atoms with Gasteiger partial charge in [-0.2, -0.15) is 0 Å². The molecule has 0 aliphatic rings. The van der Waals surface area contributed by atoms with Crippen molar-refractivity contribution in [3.8, 4) is 11.8 Å². The molecule has 0 atom stereocenters. The molecule has 0 saturated carbocycles. The van der Waals surface area contributed by atoms with Gasteiger partial charge in [-0.1, -0.05) is 30.0 Å². The highest BCUT2D eigenvalue weighted by Crippen LogP contribution is 2.15. The first-order chi connectivity index (χ1) is 7.92. The summed E-state index contributed by atoms with van der Waals surface area (Å²) in [5.41, 5.74) is 2.28. The third kappa shape index (κ3) is 2.39. The van der Waals surface area contributed by atoms with Gasteiger partial charge in [0, 0.05) is 18.0 Å². The fraction of sp³-hybridized carbons (Fsp3) is 0.214. The lowest BCUT2D eigenvalue weighted by atomic mass is 10.1. The van der Waals surface area contributed by atoms with E-state index in [1.807, 2.05) is 37.5 Å². The van der Waals surface area contributed by atoms with Gasteiger partial charge in [0.15, 0.2) is 0 Å². The Hall–Kier alpha value is -1.85. The predicted octanol–water partition coefficient (Wildman–Crippen LogP) is 2.00. The van der Waals surface area contributed by atoms with Crippen molar-refractivity contribution in [3.05, 3.63) is 42.1 Å². The molecule has 2 heteroatoms. The second kappa shape index (κ2) is 5.29. The van der Waals surface area contributed by atoms with Crippen LogP contribution < -0.4 is 5.32 Å². The topological polar surface area (TPSA) is 24.9 Å². The molecule has 0 amide bonds. The molecule has 1 aromatic carbocycles. The number of para-hydroxylation sites is 1. The van der Waals surface area contributed by atoms with Gasteiger partial charge in [-0.15, -0.1) is 0 Å². The van der Waals surface area contributed by atoms with Gasteiger partial charge < -0.3 is 5.32 Å². The number of pyridine rings is 1. The minimum Gasteiger partial charge on any atom is -0.309 e. The lowest BCUT2D eigenvalue weighted by Crippen LogP contribution is -2.04. The van der Waals surface area contributed by atoms with Crippen LogP contribution in [-0.4, -0.2) is 18.6 Å². The molecule has 0 aliphatic carbocycles. The molecule has 0 unspecified atom stereocenters. The maximum absolute atomic E-state index is 4.33. The van der Waals surface area contributed by atoms with Crippen molar-refractivity contribution in [2.75, 3.05) is 13.6 Å². The number of hydrogen-bond acceptors (Lipinski definition) is 2. The average molecular weight is 210 g/mol. The number of nitrogens with one attached hydrogen (secondary N) is 1. The van der Waals surface area contributed by atoms with Gasteiger partial charge in [-0.25, -0.2) is 0 Å². The average Bonchev–Trinajstić information content (AvgIpc) is 2.35. The third-order valence-electron chi connectivity index (χ3n) is 2.41. The van der Waals surface area contributed by atoms with Gasteiger partial charge in [-0.05, 0) is 24.7 Å². The summed E-state index contributed by atoms with van der Waals surface area (Å²) in [5, 5.41) is 4.20. The number of fused-ring (bicyclic) bond motifs is 1. The van der Waals surface area contributed by atoms with Crippen molar-refractivity contribution in [2.45, 2.75) is 6.42 Å². The summed E-state index contributed by atoms with van der Waals surface area (Å²) < 4.78 is 0. The van der Waals surface area contributed by atoms with E-state index in [-0.39, 0.29) is 0 Å². The predicted molar refractivity (Wildman–Crippen MR) is 67.1 cm³/mol. The second-order valence-electron chi connectivity index (χ2n) is 3.55. The molecular formula is C14H14N2. The van der Waals surface area contributed by atoms with E-state index in [4.69, 9.17) is 0 Å². The highest BCUT2D eigenvalue weighted by Gasteiger charge is 1.98. The van der Waals surface area contributed by atoms with Crippen LogP contribution in [0.3, 0.4) is 0 Å². The molecule has 0 aliphatic heterocycles. The summed E-state index contributed by atoms with van der Waals surface area (Å²) in [6.07, 6.45) is 2.63. The van der Waals surface area contributed by atoms with E-state index in [1.54, 1.807) is 0 Å². The molecule has 0 fully saturated rings. The lowest BCUT2D eigenvalue weighted by Gasteiger charge is -2.01. The zero-order chi connectivity index (χ0) is 11.2. The van der Waals surface area contributed by atoms with E-state index in [0.29, 0.717) is 0 Å². The van der Waals surface area contributed by atoms with Crippen LogP contribution in [0.5, 0.6) is 0 Å². The summed E-state index contributed by atoms with van der Waals surface area (Å²) in [6.45, 7) is 0.739. The monoisotopic (exact) mass is 210 g/mol. The number of hydrogen-bond donors (Lipinski definition) is 1. The molecule has 0 bridgehead atoms. The van der Waals surface area contributed by atoms with Gasteiger partial charge in [0.1, 0.15) is 0 Å². The SMILES string of the molecule is CNCC#CCc1ccnc2ccccc12. The van der Waals surface area contributed by atoms with Crippen molar-refractivity contribution < 1.29 is 0 Å². The van der Waals surface area contributed by atoms with Crippen LogP contribution >= 0.6 is 0 Å². The van der Waals surface area contributed by atoms with Crippen LogP contribution in [0.4, 0.5) is 0 Å². The summed E-state index contributed by atoms with van der Waals surface area (Å²) in [7, 11) is 1.90. The Morgan fingerprint density at radius 3 is 2.94 bits per heavy atom. The summed E-state index contributed by atoms with van der Waals surface area (Å²) in [4.78, 5) is 4.33. The van der Waals surface area contributed by atoms with E-state index in [0.717, 1.165) is 18.5 Å². The second-order valence-corrected chi connectivity index (χ2v) is 3.55. The fourth-order valence-corrected chi connectivity index (χ4v) is 1.62. The highest BCUT2D eigenvalue weighted by molar-refractivity contribution is 5.82. The van der Waals surface area contributed by atoms with E-state index in [1.165, 1.54) is 10.9 Å². The van der Waals surface area contributed by atoms with E-state index in [9.17, 15) is 0 Å². The Morgan fingerprint density at radius 2 is 2.06 bits per heavy atom. The standard InChI is InChI=1S/C14H14N2/c1-15-10-5-4-6-12-9-11-16-14-8-3-2-7-13(12)14/h2-3,7-9,11,15H,6,10H2,1H3. The zero-order valence-electron chi connectivity index (χ0n) is 9.33.